The van der Waals surface area contributed by atoms with Crippen molar-refractivity contribution in [1.82, 2.24) is 19.7 Å². The molecule has 1 amide bonds. The minimum absolute atomic E-state index is 0. The van der Waals surface area contributed by atoms with E-state index in [0.29, 0.717) is 34.1 Å². The Morgan fingerprint density at radius 3 is 1.98 bits per heavy atom. The van der Waals surface area contributed by atoms with Crippen LogP contribution < -0.4 is 5.32 Å². The molecular formula is C31H31Cl2F3N4O. The highest BCUT2D eigenvalue weighted by Crippen LogP contribution is 2.39. The van der Waals surface area contributed by atoms with Crippen LogP contribution in [0.3, 0.4) is 0 Å². The number of carbonyl (C=O) groups is 1. The summed E-state index contributed by atoms with van der Waals surface area (Å²) in [6.07, 6.45) is -4.54. The molecule has 0 aliphatic carbocycles. The Balaban J connectivity index is 0.00000387. The normalized spacial score (nSPS) is 14.5. The summed E-state index contributed by atoms with van der Waals surface area (Å²) in [5, 5.41) is 3.51. The first-order chi connectivity index (χ1) is 19.2. The van der Waals surface area contributed by atoms with Gasteiger partial charge in [-0.3, -0.25) is 9.69 Å². The second kappa shape index (κ2) is 13.1. The van der Waals surface area contributed by atoms with Gasteiger partial charge in [-0.2, -0.15) is 13.2 Å². The Kier molecular flexibility index (Phi) is 9.81. The second-order valence-electron chi connectivity index (χ2n) is 9.94. The van der Waals surface area contributed by atoms with E-state index in [1.54, 1.807) is 71.3 Å². The van der Waals surface area contributed by atoms with Crippen LogP contribution in [0.1, 0.15) is 15.9 Å². The van der Waals surface area contributed by atoms with Gasteiger partial charge in [0.1, 0.15) is 0 Å². The summed E-state index contributed by atoms with van der Waals surface area (Å²) in [5.41, 5.74) is 2.35. The predicted octanol–water partition coefficient (Wildman–Crippen LogP) is 6.88. The molecule has 1 N–H and O–H groups in total. The van der Waals surface area contributed by atoms with Crippen molar-refractivity contribution < 1.29 is 18.0 Å². The average Bonchev–Trinajstić information content (AvgIpc) is 3.39. The Morgan fingerprint density at radius 2 is 1.39 bits per heavy atom. The molecule has 0 unspecified atom stereocenters. The van der Waals surface area contributed by atoms with Crippen LogP contribution in [0.4, 0.5) is 13.2 Å². The molecule has 0 atom stereocenters. The summed E-state index contributed by atoms with van der Waals surface area (Å²) in [6.45, 7) is 5.34. The predicted molar refractivity (Wildman–Crippen MR) is 160 cm³/mol. The summed E-state index contributed by atoms with van der Waals surface area (Å²) in [4.78, 5) is 17.4. The average molecular weight is 604 g/mol. The SMILES string of the molecule is CN1CCN(CCNC(=O)c2ccc(-c3ccc(-c4ccc(Cl)cc4)n3-c3ccccc3C(F)(F)F)cc2)CC1.Cl. The maximum absolute atomic E-state index is 14.1. The minimum Gasteiger partial charge on any atom is -0.351 e. The van der Waals surface area contributed by atoms with Crippen LogP contribution in [0.2, 0.25) is 5.02 Å². The number of para-hydroxylation sites is 1. The van der Waals surface area contributed by atoms with E-state index < -0.39 is 11.7 Å². The summed E-state index contributed by atoms with van der Waals surface area (Å²) in [6, 6.07) is 23.0. The van der Waals surface area contributed by atoms with Gasteiger partial charge in [0.25, 0.3) is 5.91 Å². The van der Waals surface area contributed by atoms with Crippen molar-refractivity contribution in [2.75, 3.05) is 46.3 Å². The highest BCUT2D eigenvalue weighted by molar-refractivity contribution is 6.30. The Morgan fingerprint density at radius 1 is 0.829 bits per heavy atom. The van der Waals surface area contributed by atoms with E-state index >= 15 is 0 Å². The maximum atomic E-state index is 14.1. The van der Waals surface area contributed by atoms with Crippen LogP contribution in [0, 0.1) is 0 Å². The fourth-order valence-electron chi connectivity index (χ4n) is 4.97. The molecule has 0 saturated carbocycles. The fourth-order valence-corrected chi connectivity index (χ4v) is 5.10. The van der Waals surface area contributed by atoms with Crippen LogP contribution >= 0.6 is 24.0 Å². The van der Waals surface area contributed by atoms with Gasteiger partial charge >= 0.3 is 6.18 Å². The zero-order valence-corrected chi connectivity index (χ0v) is 24.1. The number of likely N-dealkylation sites (N-methyl/N-ethyl adjacent to an activating group) is 1. The van der Waals surface area contributed by atoms with E-state index in [1.165, 1.54) is 12.1 Å². The van der Waals surface area contributed by atoms with Gasteiger partial charge in [-0.15, -0.1) is 12.4 Å². The molecule has 1 aliphatic heterocycles. The summed E-state index contributed by atoms with van der Waals surface area (Å²) in [5.74, 6) is -0.180. The highest BCUT2D eigenvalue weighted by Gasteiger charge is 2.34. The first-order valence-electron chi connectivity index (χ1n) is 13.1. The molecule has 1 aliphatic rings. The quantitative estimate of drug-likeness (QED) is 0.251. The number of halogens is 5. The van der Waals surface area contributed by atoms with Crippen molar-refractivity contribution in [1.29, 1.82) is 0 Å². The Labute approximate surface area is 248 Å². The lowest BCUT2D eigenvalue weighted by atomic mass is 10.1. The number of carbonyl (C=O) groups excluding carboxylic acids is 1. The van der Waals surface area contributed by atoms with E-state index in [2.05, 4.69) is 22.2 Å². The van der Waals surface area contributed by atoms with E-state index in [0.717, 1.165) is 44.4 Å². The molecule has 41 heavy (non-hydrogen) atoms. The van der Waals surface area contributed by atoms with Gasteiger partial charge < -0.3 is 14.8 Å². The van der Waals surface area contributed by atoms with Gasteiger partial charge in [0, 0.05) is 49.9 Å². The zero-order valence-electron chi connectivity index (χ0n) is 22.5. The molecule has 5 rings (SSSR count). The largest absolute Gasteiger partial charge is 0.418 e. The smallest absolute Gasteiger partial charge is 0.351 e. The van der Waals surface area contributed by atoms with Crippen molar-refractivity contribution in [2.24, 2.45) is 0 Å². The van der Waals surface area contributed by atoms with E-state index in [4.69, 9.17) is 11.6 Å². The number of nitrogens with zero attached hydrogens (tertiary/aromatic N) is 3. The van der Waals surface area contributed by atoms with Crippen LogP contribution in [-0.4, -0.2) is 66.6 Å². The van der Waals surface area contributed by atoms with Gasteiger partial charge in [-0.05, 0) is 66.7 Å². The molecule has 3 aromatic carbocycles. The third-order valence-electron chi connectivity index (χ3n) is 7.22. The van der Waals surface area contributed by atoms with Gasteiger partial charge in [0.05, 0.1) is 22.6 Å². The molecule has 0 radical (unpaired) electrons. The molecule has 2 heterocycles. The number of rotatable bonds is 7. The van der Waals surface area contributed by atoms with Gasteiger partial charge in [0.15, 0.2) is 0 Å². The number of aromatic nitrogens is 1. The van der Waals surface area contributed by atoms with E-state index in [-0.39, 0.29) is 24.0 Å². The fraction of sp³-hybridized carbons (Fsp3) is 0.258. The molecular weight excluding hydrogens is 572 g/mol. The summed E-state index contributed by atoms with van der Waals surface area (Å²) < 4.78 is 43.8. The van der Waals surface area contributed by atoms with Gasteiger partial charge in [0.2, 0.25) is 0 Å². The van der Waals surface area contributed by atoms with Crippen LogP contribution in [0.25, 0.3) is 28.2 Å². The van der Waals surface area contributed by atoms with Crippen molar-refractivity contribution in [2.45, 2.75) is 6.18 Å². The van der Waals surface area contributed by atoms with Crippen molar-refractivity contribution in [3.63, 3.8) is 0 Å². The first kappa shape index (κ1) is 30.7. The molecule has 4 aromatic rings. The van der Waals surface area contributed by atoms with Crippen molar-refractivity contribution in [3.05, 3.63) is 101 Å². The van der Waals surface area contributed by atoms with Crippen molar-refractivity contribution in [3.8, 4) is 28.2 Å². The molecule has 0 spiro atoms. The molecule has 0 bridgehead atoms. The molecule has 216 valence electrons. The molecule has 10 heteroatoms. The number of hydrogen-bond acceptors (Lipinski definition) is 3. The third kappa shape index (κ3) is 7.13. The number of amides is 1. The topological polar surface area (TPSA) is 40.5 Å². The first-order valence-corrected chi connectivity index (χ1v) is 13.5. The number of nitrogens with one attached hydrogen (secondary N) is 1. The van der Waals surface area contributed by atoms with Gasteiger partial charge in [-0.25, -0.2) is 0 Å². The standard InChI is InChI=1S/C31H30ClF3N4O.ClH/c1-37-18-20-38(21-19-37)17-16-36-30(40)24-8-6-22(7-9-24)27-14-15-28(23-10-12-25(32)13-11-23)39(27)29-5-3-2-4-26(29)31(33,34)35;/h2-15H,16-21H2,1H3,(H,36,40);1H. The summed E-state index contributed by atoms with van der Waals surface area (Å²) >= 11 is 6.07. The highest BCUT2D eigenvalue weighted by atomic mass is 35.5. The van der Waals surface area contributed by atoms with E-state index in [9.17, 15) is 18.0 Å². The maximum Gasteiger partial charge on any atom is 0.418 e. The number of alkyl halides is 3. The van der Waals surface area contributed by atoms with E-state index in [1.807, 2.05) is 0 Å². The Bertz CT molecular complexity index is 1460. The zero-order chi connectivity index (χ0) is 28.3. The van der Waals surface area contributed by atoms with Crippen LogP contribution in [0.15, 0.2) is 84.9 Å². The molecule has 1 aromatic heterocycles. The number of piperazine rings is 1. The van der Waals surface area contributed by atoms with Gasteiger partial charge in [-0.1, -0.05) is 48.0 Å². The summed E-state index contributed by atoms with van der Waals surface area (Å²) in [7, 11) is 2.10. The number of benzene rings is 3. The Hall–Kier alpha value is -3.30. The minimum atomic E-state index is -4.54. The second-order valence-corrected chi connectivity index (χ2v) is 10.4. The van der Waals surface area contributed by atoms with Crippen LogP contribution in [0.5, 0.6) is 0 Å². The molecule has 5 nitrogen and oxygen atoms in total. The molecule has 1 fully saturated rings. The monoisotopic (exact) mass is 602 g/mol. The molecule has 1 saturated heterocycles. The van der Waals surface area contributed by atoms with Crippen LogP contribution in [-0.2, 0) is 6.18 Å². The lowest BCUT2D eigenvalue weighted by Gasteiger charge is -2.32. The van der Waals surface area contributed by atoms with Crippen molar-refractivity contribution >= 4 is 29.9 Å². The lowest BCUT2D eigenvalue weighted by Crippen LogP contribution is -2.46. The number of hydrogen-bond donors (Lipinski definition) is 1. The lowest BCUT2D eigenvalue weighted by molar-refractivity contribution is -0.137. The third-order valence-corrected chi connectivity index (χ3v) is 7.48.